The van der Waals surface area contributed by atoms with Crippen LogP contribution in [0.1, 0.15) is 28.4 Å². The van der Waals surface area contributed by atoms with Crippen LogP contribution in [0.15, 0.2) is 89.8 Å². The zero-order valence-corrected chi connectivity index (χ0v) is 14.6. The van der Waals surface area contributed by atoms with Crippen LogP contribution >= 0.6 is 0 Å². The van der Waals surface area contributed by atoms with Gasteiger partial charge in [0.05, 0.1) is 0 Å². The summed E-state index contributed by atoms with van der Waals surface area (Å²) in [4.78, 5) is 12.8. The third-order valence-electron chi connectivity index (χ3n) is 3.96. The maximum atomic E-state index is 11.5. The number of Topliss-reactive ketones (excluding diaryl/α,β-unsaturated/α-hetero) is 1. The number of carbonyl (C=O) groups is 1. The van der Waals surface area contributed by atoms with Crippen molar-refractivity contribution < 1.29 is 4.79 Å². The highest BCUT2D eigenvalue weighted by Crippen LogP contribution is 2.24. The monoisotopic (exact) mass is 333 g/mol. The molecule has 0 bridgehead atoms. The summed E-state index contributed by atoms with van der Waals surface area (Å²) in [6.07, 6.45) is 0. The normalized spacial score (nSPS) is 10.8. The van der Waals surface area contributed by atoms with Crippen LogP contribution in [0.25, 0.3) is 0 Å². The number of benzene rings is 3. The molecule has 0 aliphatic heterocycles. The molecular formula is C22H21OS+. The SMILES string of the molecule is CC(=O)c1ccc([S+](Cc2ccccc2)Cc2ccccc2)cc1. The topological polar surface area (TPSA) is 17.1 Å². The molecule has 24 heavy (non-hydrogen) atoms. The van der Waals surface area contributed by atoms with E-state index in [0.717, 1.165) is 17.1 Å². The van der Waals surface area contributed by atoms with Gasteiger partial charge in [0.2, 0.25) is 0 Å². The van der Waals surface area contributed by atoms with Crippen LogP contribution in [0.5, 0.6) is 0 Å². The lowest BCUT2D eigenvalue weighted by molar-refractivity contribution is 0.101. The maximum Gasteiger partial charge on any atom is 0.159 e. The van der Waals surface area contributed by atoms with Gasteiger partial charge in [-0.3, -0.25) is 4.79 Å². The first kappa shape index (κ1) is 16.5. The highest BCUT2D eigenvalue weighted by molar-refractivity contribution is 7.95. The molecule has 0 N–H and O–H groups in total. The zero-order chi connectivity index (χ0) is 16.8. The first-order valence-electron chi connectivity index (χ1n) is 8.09. The number of rotatable bonds is 6. The molecular weight excluding hydrogens is 312 g/mol. The number of carbonyl (C=O) groups excluding carboxylic acids is 1. The smallest absolute Gasteiger partial charge is 0.159 e. The van der Waals surface area contributed by atoms with Gasteiger partial charge in [0.15, 0.2) is 10.7 Å². The predicted molar refractivity (Wildman–Crippen MR) is 102 cm³/mol. The number of hydrogen-bond acceptors (Lipinski definition) is 1. The third kappa shape index (κ3) is 4.36. The van der Waals surface area contributed by atoms with Gasteiger partial charge in [0, 0.05) is 27.6 Å². The van der Waals surface area contributed by atoms with Gasteiger partial charge in [-0.25, -0.2) is 0 Å². The van der Waals surface area contributed by atoms with Crippen LogP contribution in [0.4, 0.5) is 0 Å². The van der Waals surface area contributed by atoms with Crippen LogP contribution < -0.4 is 0 Å². The van der Waals surface area contributed by atoms with Gasteiger partial charge in [-0.2, -0.15) is 0 Å². The van der Waals surface area contributed by atoms with Crippen molar-refractivity contribution in [1.82, 2.24) is 0 Å². The van der Waals surface area contributed by atoms with E-state index in [4.69, 9.17) is 0 Å². The van der Waals surface area contributed by atoms with Crippen LogP contribution in [0.3, 0.4) is 0 Å². The Kier molecular flexibility index (Phi) is 5.50. The number of ketones is 1. The van der Waals surface area contributed by atoms with Gasteiger partial charge >= 0.3 is 0 Å². The van der Waals surface area contributed by atoms with E-state index in [-0.39, 0.29) is 16.7 Å². The molecule has 3 aromatic rings. The van der Waals surface area contributed by atoms with Crippen molar-refractivity contribution in [3.8, 4) is 0 Å². The fourth-order valence-corrected chi connectivity index (χ4v) is 4.80. The molecule has 0 heterocycles. The molecule has 120 valence electrons. The van der Waals surface area contributed by atoms with Crippen LogP contribution in [0, 0.1) is 0 Å². The van der Waals surface area contributed by atoms with Crippen molar-refractivity contribution in [2.75, 3.05) is 0 Å². The lowest BCUT2D eigenvalue weighted by Crippen LogP contribution is -2.10. The van der Waals surface area contributed by atoms with Crippen molar-refractivity contribution in [2.24, 2.45) is 0 Å². The van der Waals surface area contributed by atoms with Gasteiger partial charge in [0.1, 0.15) is 11.5 Å². The second-order valence-electron chi connectivity index (χ2n) is 5.83. The maximum absolute atomic E-state index is 11.5. The standard InChI is InChI=1S/C22H21OS/c1-18(23)21-12-14-22(15-13-21)24(16-19-8-4-2-5-9-19)17-20-10-6-3-7-11-20/h2-15H,16-17H2,1H3/q+1. The van der Waals surface area contributed by atoms with Gasteiger partial charge < -0.3 is 0 Å². The molecule has 0 aromatic heterocycles. The van der Waals surface area contributed by atoms with E-state index in [9.17, 15) is 4.79 Å². The highest BCUT2D eigenvalue weighted by Gasteiger charge is 2.23. The first-order chi connectivity index (χ1) is 11.7. The minimum absolute atomic E-state index is 0.0774. The molecule has 0 radical (unpaired) electrons. The summed E-state index contributed by atoms with van der Waals surface area (Å²) < 4.78 is 0. The molecule has 2 heteroatoms. The second kappa shape index (κ2) is 7.98. The van der Waals surface area contributed by atoms with Gasteiger partial charge in [-0.1, -0.05) is 60.7 Å². The molecule has 0 spiro atoms. The lowest BCUT2D eigenvalue weighted by Gasteiger charge is -2.10. The van der Waals surface area contributed by atoms with E-state index in [2.05, 4.69) is 72.8 Å². The molecule has 0 aliphatic rings. The summed E-state index contributed by atoms with van der Waals surface area (Å²) in [5.74, 6) is 2.16. The minimum Gasteiger partial charge on any atom is -0.295 e. The van der Waals surface area contributed by atoms with E-state index < -0.39 is 0 Å². The largest absolute Gasteiger partial charge is 0.295 e. The third-order valence-corrected chi connectivity index (χ3v) is 6.26. The summed E-state index contributed by atoms with van der Waals surface area (Å²) >= 11 is 0. The summed E-state index contributed by atoms with van der Waals surface area (Å²) in [6.45, 7) is 1.61. The summed E-state index contributed by atoms with van der Waals surface area (Å²) in [5, 5.41) is 0. The quantitative estimate of drug-likeness (QED) is 0.444. The van der Waals surface area contributed by atoms with Crippen LogP contribution in [-0.4, -0.2) is 5.78 Å². The molecule has 0 fully saturated rings. The van der Waals surface area contributed by atoms with Crippen LogP contribution in [0.2, 0.25) is 0 Å². The minimum atomic E-state index is 0.0774. The average molecular weight is 333 g/mol. The Labute approximate surface area is 146 Å². The molecule has 0 saturated carbocycles. The summed E-state index contributed by atoms with van der Waals surface area (Å²) in [6, 6.07) is 29.4. The average Bonchev–Trinajstić information content (AvgIpc) is 2.63. The van der Waals surface area contributed by atoms with E-state index in [0.29, 0.717) is 0 Å². The summed E-state index contributed by atoms with van der Waals surface area (Å²) in [5.41, 5.74) is 3.49. The molecule has 0 aliphatic carbocycles. The lowest BCUT2D eigenvalue weighted by atomic mass is 10.2. The fourth-order valence-electron chi connectivity index (χ4n) is 2.65. The molecule has 0 saturated heterocycles. The van der Waals surface area contributed by atoms with Crippen molar-refractivity contribution in [2.45, 2.75) is 23.3 Å². The molecule has 1 nitrogen and oxygen atoms in total. The molecule has 0 amide bonds. The van der Waals surface area contributed by atoms with Gasteiger partial charge in [-0.15, -0.1) is 0 Å². The molecule has 0 atom stereocenters. The Morgan fingerprint density at radius 3 is 1.58 bits per heavy atom. The Morgan fingerprint density at radius 1 is 0.708 bits per heavy atom. The van der Waals surface area contributed by atoms with E-state index >= 15 is 0 Å². The van der Waals surface area contributed by atoms with Crippen molar-refractivity contribution in [3.05, 3.63) is 102 Å². The fraction of sp³-hybridized carbons (Fsp3) is 0.136. The molecule has 3 rings (SSSR count). The van der Waals surface area contributed by atoms with Crippen molar-refractivity contribution >= 4 is 16.7 Å². The van der Waals surface area contributed by atoms with Crippen molar-refractivity contribution in [1.29, 1.82) is 0 Å². The van der Waals surface area contributed by atoms with E-state index in [1.165, 1.54) is 16.0 Å². The van der Waals surface area contributed by atoms with E-state index in [1.54, 1.807) is 6.92 Å². The Bertz CT molecular complexity index is 738. The van der Waals surface area contributed by atoms with Crippen LogP contribution in [-0.2, 0) is 22.4 Å². The second-order valence-corrected chi connectivity index (χ2v) is 7.87. The molecule has 0 unspecified atom stereocenters. The van der Waals surface area contributed by atoms with Gasteiger partial charge in [-0.05, 0) is 31.2 Å². The van der Waals surface area contributed by atoms with Crippen molar-refractivity contribution in [3.63, 3.8) is 0 Å². The first-order valence-corrected chi connectivity index (χ1v) is 9.65. The predicted octanol–water partition coefficient (Wildman–Crippen LogP) is 5.27. The Morgan fingerprint density at radius 2 is 1.17 bits per heavy atom. The summed E-state index contributed by atoms with van der Waals surface area (Å²) in [7, 11) is 0.0774. The van der Waals surface area contributed by atoms with E-state index in [1.807, 2.05) is 12.1 Å². The zero-order valence-electron chi connectivity index (χ0n) is 13.8. The molecule has 3 aromatic carbocycles. The Balaban J connectivity index is 1.87. The Hall–Kier alpha value is -2.32. The van der Waals surface area contributed by atoms with Gasteiger partial charge in [0.25, 0.3) is 0 Å². The highest BCUT2D eigenvalue weighted by atomic mass is 32.2. The number of hydrogen-bond donors (Lipinski definition) is 0.